The van der Waals surface area contributed by atoms with Crippen molar-refractivity contribution in [1.29, 1.82) is 0 Å². The standard InChI is InChI=1S/C20H22N2O7S/c1-3-15-16-10-17(30-9-8-28-12(2)23)18(21(16)19(15)24)20(25)29-11-13-4-6-14(7-5-13)22(26)27/h4-7,15-16H,3,8-11H2,1-2H3. The quantitative estimate of drug-likeness (QED) is 0.192. The summed E-state index contributed by atoms with van der Waals surface area (Å²) in [7, 11) is 0. The van der Waals surface area contributed by atoms with Crippen LogP contribution in [0.5, 0.6) is 0 Å². The van der Waals surface area contributed by atoms with E-state index in [4.69, 9.17) is 9.47 Å². The lowest BCUT2D eigenvalue weighted by Crippen LogP contribution is -2.58. The molecule has 1 saturated heterocycles. The summed E-state index contributed by atoms with van der Waals surface area (Å²) in [6, 6.07) is 5.69. The van der Waals surface area contributed by atoms with Crippen LogP contribution in [0.4, 0.5) is 5.69 Å². The SMILES string of the molecule is CCC1C(=O)N2C(C(=O)OCc3ccc([N+](=O)[O-])cc3)=C(SCCOC(C)=O)CC12. The molecular weight excluding hydrogens is 412 g/mol. The molecule has 0 spiro atoms. The molecule has 0 bridgehead atoms. The minimum absolute atomic E-state index is 0.0411. The molecule has 1 amide bonds. The molecular formula is C20H22N2O7S. The maximum Gasteiger partial charge on any atom is 0.356 e. The Morgan fingerprint density at radius 1 is 1.27 bits per heavy atom. The second-order valence-electron chi connectivity index (χ2n) is 6.95. The van der Waals surface area contributed by atoms with Gasteiger partial charge in [-0.25, -0.2) is 4.79 Å². The van der Waals surface area contributed by atoms with Crippen molar-refractivity contribution in [3.63, 3.8) is 0 Å². The van der Waals surface area contributed by atoms with Crippen LogP contribution in [0, 0.1) is 16.0 Å². The number of hydrogen-bond acceptors (Lipinski definition) is 8. The van der Waals surface area contributed by atoms with Crippen molar-refractivity contribution in [3.8, 4) is 0 Å². The number of nitro benzene ring substituents is 1. The monoisotopic (exact) mass is 434 g/mol. The lowest BCUT2D eigenvalue weighted by Gasteiger charge is -2.43. The Hall–Kier alpha value is -2.88. The van der Waals surface area contributed by atoms with E-state index in [1.54, 1.807) is 0 Å². The van der Waals surface area contributed by atoms with Crippen LogP contribution in [0.2, 0.25) is 0 Å². The lowest BCUT2D eigenvalue weighted by atomic mass is 9.85. The summed E-state index contributed by atoms with van der Waals surface area (Å²) < 4.78 is 10.3. The molecule has 0 radical (unpaired) electrons. The highest BCUT2D eigenvalue weighted by Crippen LogP contribution is 2.47. The van der Waals surface area contributed by atoms with Crippen molar-refractivity contribution in [2.45, 2.75) is 39.3 Å². The van der Waals surface area contributed by atoms with Crippen LogP contribution in [0.3, 0.4) is 0 Å². The molecule has 3 rings (SSSR count). The number of thioether (sulfide) groups is 1. The van der Waals surface area contributed by atoms with E-state index < -0.39 is 10.9 Å². The Bertz CT molecular complexity index is 897. The molecule has 1 fully saturated rings. The van der Waals surface area contributed by atoms with Gasteiger partial charge < -0.3 is 14.4 Å². The van der Waals surface area contributed by atoms with E-state index in [9.17, 15) is 24.5 Å². The molecule has 2 atom stereocenters. The van der Waals surface area contributed by atoms with Gasteiger partial charge in [0.2, 0.25) is 5.91 Å². The second-order valence-corrected chi connectivity index (χ2v) is 8.14. The minimum Gasteiger partial charge on any atom is -0.465 e. The normalized spacial score (nSPS) is 19.9. The van der Waals surface area contributed by atoms with Crippen molar-refractivity contribution in [2.24, 2.45) is 5.92 Å². The molecule has 0 aliphatic carbocycles. The van der Waals surface area contributed by atoms with Crippen molar-refractivity contribution in [2.75, 3.05) is 12.4 Å². The summed E-state index contributed by atoms with van der Waals surface area (Å²) in [5.74, 6) is -0.688. The van der Waals surface area contributed by atoms with Gasteiger partial charge in [-0.1, -0.05) is 6.92 Å². The largest absolute Gasteiger partial charge is 0.465 e. The number of esters is 2. The summed E-state index contributed by atoms with van der Waals surface area (Å²) in [6.07, 6.45) is 1.29. The zero-order valence-electron chi connectivity index (χ0n) is 16.7. The number of non-ortho nitro benzene ring substituents is 1. The number of nitro groups is 1. The van der Waals surface area contributed by atoms with Gasteiger partial charge in [-0.15, -0.1) is 11.8 Å². The van der Waals surface area contributed by atoms with Crippen LogP contribution in [0.25, 0.3) is 0 Å². The van der Waals surface area contributed by atoms with Crippen LogP contribution in [-0.4, -0.2) is 46.1 Å². The summed E-state index contributed by atoms with van der Waals surface area (Å²) in [6.45, 7) is 3.43. The number of nitrogens with zero attached hydrogens (tertiary/aromatic N) is 2. The minimum atomic E-state index is -0.603. The van der Waals surface area contributed by atoms with Crippen molar-refractivity contribution >= 4 is 35.3 Å². The van der Waals surface area contributed by atoms with Gasteiger partial charge in [0, 0.05) is 36.1 Å². The molecule has 0 N–H and O–H groups in total. The first-order valence-corrected chi connectivity index (χ1v) is 10.5. The fraction of sp³-hybridized carbons (Fsp3) is 0.450. The molecule has 10 heteroatoms. The summed E-state index contributed by atoms with van der Waals surface area (Å²) >= 11 is 1.38. The third-order valence-electron chi connectivity index (χ3n) is 5.07. The Kier molecular flexibility index (Phi) is 6.76. The first-order valence-electron chi connectivity index (χ1n) is 9.56. The van der Waals surface area contributed by atoms with Crippen LogP contribution >= 0.6 is 11.8 Å². The van der Waals surface area contributed by atoms with Crippen LogP contribution in [-0.2, 0) is 30.5 Å². The molecule has 9 nitrogen and oxygen atoms in total. The first kappa shape index (κ1) is 21.8. The molecule has 0 saturated carbocycles. The third-order valence-corrected chi connectivity index (χ3v) is 6.14. The molecule has 2 unspecified atom stereocenters. The number of rotatable bonds is 9. The van der Waals surface area contributed by atoms with Gasteiger partial charge >= 0.3 is 11.9 Å². The van der Waals surface area contributed by atoms with E-state index in [0.717, 1.165) is 4.91 Å². The number of β-lactam (4-membered cyclic amide) rings is 1. The zero-order valence-corrected chi connectivity index (χ0v) is 17.5. The molecule has 1 aromatic carbocycles. The molecule has 160 valence electrons. The van der Waals surface area contributed by atoms with Gasteiger partial charge in [-0.3, -0.25) is 19.7 Å². The lowest BCUT2D eigenvalue weighted by molar-refractivity contribution is -0.384. The van der Waals surface area contributed by atoms with Crippen molar-refractivity contribution < 1.29 is 28.8 Å². The predicted octanol–water partition coefficient (Wildman–Crippen LogP) is 2.79. The summed E-state index contributed by atoms with van der Waals surface area (Å²) in [5.41, 5.74) is 0.814. The van der Waals surface area contributed by atoms with Crippen LogP contribution in [0.15, 0.2) is 34.9 Å². The molecule has 2 heterocycles. The number of benzene rings is 1. The van der Waals surface area contributed by atoms with Crippen LogP contribution in [0.1, 0.15) is 32.3 Å². The fourth-order valence-corrected chi connectivity index (χ4v) is 4.62. The maximum absolute atomic E-state index is 12.8. The Labute approximate surface area is 177 Å². The first-order chi connectivity index (χ1) is 14.3. The van der Waals surface area contributed by atoms with E-state index in [2.05, 4.69) is 0 Å². The Morgan fingerprint density at radius 2 is 1.97 bits per heavy atom. The smallest absolute Gasteiger partial charge is 0.356 e. The van der Waals surface area contributed by atoms with Gasteiger partial charge in [-0.2, -0.15) is 0 Å². The van der Waals surface area contributed by atoms with Gasteiger partial charge in [0.05, 0.1) is 16.9 Å². The maximum atomic E-state index is 12.8. The number of fused-ring (bicyclic) bond motifs is 1. The predicted molar refractivity (Wildman–Crippen MR) is 108 cm³/mol. The van der Waals surface area contributed by atoms with Gasteiger partial charge in [-0.05, 0) is 24.1 Å². The van der Waals surface area contributed by atoms with E-state index in [0.29, 0.717) is 24.2 Å². The molecule has 1 aromatic rings. The topological polar surface area (TPSA) is 116 Å². The number of ether oxygens (including phenoxy) is 2. The number of hydrogen-bond donors (Lipinski definition) is 0. The number of amides is 1. The van der Waals surface area contributed by atoms with E-state index in [1.165, 1.54) is 47.9 Å². The highest BCUT2D eigenvalue weighted by molar-refractivity contribution is 8.03. The average Bonchev–Trinajstić information content (AvgIpc) is 3.04. The summed E-state index contributed by atoms with van der Waals surface area (Å²) in [4.78, 5) is 48.7. The molecule has 2 aliphatic rings. The second kappa shape index (κ2) is 9.29. The highest BCUT2D eigenvalue weighted by Gasteiger charge is 2.54. The Balaban J connectivity index is 1.68. The third kappa shape index (κ3) is 4.48. The van der Waals surface area contributed by atoms with E-state index >= 15 is 0 Å². The number of carbonyl (C=O) groups is 3. The Morgan fingerprint density at radius 3 is 2.57 bits per heavy atom. The fourth-order valence-electron chi connectivity index (χ4n) is 3.60. The highest BCUT2D eigenvalue weighted by atomic mass is 32.2. The van der Waals surface area contributed by atoms with Crippen molar-refractivity contribution in [3.05, 3.63) is 50.5 Å². The molecule has 30 heavy (non-hydrogen) atoms. The molecule has 0 aromatic heterocycles. The van der Waals surface area contributed by atoms with Crippen LogP contribution < -0.4 is 0 Å². The van der Waals surface area contributed by atoms with Gasteiger partial charge in [0.25, 0.3) is 5.69 Å². The summed E-state index contributed by atoms with van der Waals surface area (Å²) in [5, 5.41) is 10.7. The van der Waals surface area contributed by atoms with Crippen molar-refractivity contribution in [1.82, 2.24) is 4.90 Å². The number of carbonyl (C=O) groups excluding carboxylic acids is 3. The average molecular weight is 434 g/mol. The molecule has 2 aliphatic heterocycles. The van der Waals surface area contributed by atoms with E-state index in [1.807, 2.05) is 6.92 Å². The van der Waals surface area contributed by atoms with Gasteiger partial charge in [0.15, 0.2) is 0 Å². The van der Waals surface area contributed by atoms with Gasteiger partial charge in [0.1, 0.15) is 18.9 Å². The van der Waals surface area contributed by atoms with E-state index in [-0.39, 0.29) is 48.4 Å². The zero-order chi connectivity index (χ0) is 21.8.